The summed E-state index contributed by atoms with van der Waals surface area (Å²) in [4.78, 5) is 6.62. The summed E-state index contributed by atoms with van der Waals surface area (Å²) in [6.45, 7) is 4.09. The van der Waals surface area contributed by atoms with E-state index in [4.69, 9.17) is 9.72 Å². The molecule has 21 heavy (non-hydrogen) atoms. The zero-order valence-corrected chi connectivity index (χ0v) is 14.2. The highest BCUT2D eigenvalue weighted by atomic mass is 32.1. The normalized spacial score (nSPS) is 29.3. The molecule has 3 rings (SSSR count). The number of aromatic nitrogens is 1. The third kappa shape index (κ3) is 3.33. The standard InChI is InChI=1S/C17H28N2OS/c1-13-7-9-17(10-8-13,18-11-12-20-2)16-19-14-5-3-4-6-15(14)21-16/h13,18H,3-12H2,1-2H3. The first-order valence-electron chi connectivity index (χ1n) is 8.46. The van der Waals surface area contributed by atoms with Crippen LogP contribution < -0.4 is 5.32 Å². The van der Waals surface area contributed by atoms with Crippen LogP contribution in [0.15, 0.2) is 0 Å². The van der Waals surface area contributed by atoms with E-state index in [1.807, 2.05) is 11.3 Å². The highest BCUT2D eigenvalue weighted by Crippen LogP contribution is 2.42. The number of fused-ring (bicyclic) bond motifs is 1. The van der Waals surface area contributed by atoms with Crippen molar-refractivity contribution < 1.29 is 4.74 Å². The molecule has 0 bridgehead atoms. The first-order chi connectivity index (χ1) is 10.2. The summed E-state index contributed by atoms with van der Waals surface area (Å²) in [7, 11) is 1.78. The van der Waals surface area contributed by atoms with Crippen molar-refractivity contribution in [3.63, 3.8) is 0 Å². The largest absolute Gasteiger partial charge is 0.383 e. The fourth-order valence-electron chi connectivity index (χ4n) is 3.67. The molecule has 1 heterocycles. The molecule has 0 unspecified atom stereocenters. The van der Waals surface area contributed by atoms with Crippen molar-refractivity contribution in [3.05, 3.63) is 15.6 Å². The van der Waals surface area contributed by atoms with Gasteiger partial charge in [-0.2, -0.15) is 0 Å². The fourth-order valence-corrected chi connectivity index (χ4v) is 5.04. The molecule has 0 aliphatic heterocycles. The molecule has 0 spiro atoms. The van der Waals surface area contributed by atoms with Gasteiger partial charge in [0.25, 0.3) is 0 Å². The van der Waals surface area contributed by atoms with Crippen LogP contribution in [0.4, 0.5) is 0 Å². The van der Waals surface area contributed by atoms with Gasteiger partial charge in [0.05, 0.1) is 17.8 Å². The molecule has 1 fully saturated rings. The molecule has 2 aliphatic rings. The second kappa shape index (κ2) is 6.76. The lowest BCUT2D eigenvalue weighted by Gasteiger charge is -2.39. The molecule has 0 aromatic carbocycles. The smallest absolute Gasteiger partial charge is 0.113 e. The Morgan fingerprint density at radius 1 is 1.29 bits per heavy atom. The molecule has 0 atom stereocenters. The van der Waals surface area contributed by atoms with Crippen molar-refractivity contribution >= 4 is 11.3 Å². The molecule has 0 saturated heterocycles. The number of hydrogen-bond acceptors (Lipinski definition) is 4. The topological polar surface area (TPSA) is 34.1 Å². The van der Waals surface area contributed by atoms with E-state index in [0.717, 1.165) is 19.1 Å². The third-order valence-electron chi connectivity index (χ3n) is 5.15. The summed E-state index contributed by atoms with van der Waals surface area (Å²) in [5, 5.41) is 5.16. The Labute approximate surface area is 132 Å². The molecular formula is C17H28N2OS. The van der Waals surface area contributed by atoms with E-state index in [9.17, 15) is 0 Å². The number of hydrogen-bond donors (Lipinski definition) is 1. The van der Waals surface area contributed by atoms with Gasteiger partial charge >= 0.3 is 0 Å². The zero-order valence-electron chi connectivity index (χ0n) is 13.4. The van der Waals surface area contributed by atoms with Crippen molar-refractivity contribution in [2.45, 2.75) is 63.8 Å². The number of aryl methyl sites for hydroxylation is 2. The minimum Gasteiger partial charge on any atom is -0.383 e. The highest BCUT2D eigenvalue weighted by molar-refractivity contribution is 7.11. The van der Waals surface area contributed by atoms with Gasteiger partial charge in [-0.25, -0.2) is 4.98 Å². The van der Waals surface area contributed by atoms with Crippen LogP contribution in [-0.4, -0.2) is 25.2 Å². The maximum atomic E-state index is 5.24. The van der Waals surface area contributed by atoms with Crippen LogP contribution in [-0.2, 0) is 23.1 Å². The van der Waals surface area contributed by atoms with Gasteiger partial charge in [0, 0.05) is 18.5 Å². The summed E-state index contributed by atoms with van der Waals surface area (Å²) in [5.41, 5.74) is 1.51. The highest BCUT2D eigenvalue weighted by Gasteiger charge is 2.38. The lowest BCUT2D eigenvalue weighted by molar-refractivity contribution is 0.154. The van der Waals surface area contributed by atoms with Crippen molar-refractivity contribution in [1.29, 1.82) is 0 Å². The Kier molecular flexibility index (Phi) is 4.97. The first kappa shape index (κ1) is 15.4. The number of rotatable bonds is 5. The first-order valence-corrected chi connectivity index (χ1v) is 9.28. The van der Waals surface area contributed by atoms with E-state index in [0.29, 0.717) is 0 Å². The SMILES string of the molecule is COCCNC1(c2nc3c(s2)CCCC3)CCC(C)CC1. The van der Waals surface area contributed by atoms with Crippen LogP contribution in [0.5, 0.6) is 0 Å². The maximum Gasteiger partial charge on any atom is 0.113 e. The van der Waals surface area contributed by atoms with Gasteiger partial charge in [-0.05, 0) is 57.3 Å². The second-order valence-electron chi connectivity index (χ2n) is 6.78. The van der Waals surface area contributed by atoms with Gasteiger partial charge < -0.3 is 10.1 Å². The van der Waals surface area contributed by atoms with Crippen molar-refractivity contribution in [1.82, 2.24) is 10.3 Å². The molecule has 0 amide bonds. The van der Waals surface area contributed by atoms with Crippen LogP contribution in [0.2, 0.25) is 0 Å². The van der Waals surface area contributed by atoms with E-state index < -0.39 is 0 Å². The van der Waals surface area contributed by atoms with Gasteiger partial charge in [-0.1, -0.05) is 6.92 Å². The third-order valence-corrected chi connectivity index (χ3v) is 6.51. The second-order valence-corrected chi connectivity index (χ2v) is 7.86. The van der Waals surface area contributed by atoms with Crippen LogP contribution in [0.1, 0.15) is 61.0 Å². The lowest BCUT2D eigenvalue weighted by atomic mass is 9.77. The molecule has 118 valence electrons. The van der Waals surface area contributed by atoms with Gasteiger partial charge in [0.1, 0.15) is 5.01 Å². The van der Waals surface area contributed by atoms with Crippen molar-refractivity contribution in [2.24, 2.45) is 5.92 Å². The molecule has 3 nitrogen and oxygen atoms in total. The van der Waals surface area contributed by atoms with Crippen molar-refractivity contribution in [3.8, 4) is 0 Å². The Morgan fingerprint density at radius 2 is 2.05 bits per heavy atom. The predicted molar refractivity (Wildman–Crippen MR) is 87.9 cm³/mol. The minimum absolute atomic E-state index is 0.118. The summed E-state index contributed by atoms with van der Waals surface area (Å²) in [6, 6.07) is 0. The number of thiazole rings is 1. The Balaban J connectivity index is 1.82. The summed E-state index contributed by atoms with van der Waals surface area (Å²) < 4.78 is 5.24. The van der Waals surface area contributed by atoms with E-state index in [1.165, 1.54) is 62.1 Å². The number of ether oxygens (including phenoxy) is 1. The summed E-state index contributed by atoms with van der Waals surface area (Å²) >= 11 is 1.99. The average Bonchev–Trinajstić information content (AvgIpc) is 2.94. The molecule has 1 aromatic heterocycles. The number of methoxy groups -OCH3 is 1. The molecular weight excluding hydrogens is 280 g/mol. The zero-order chi connectivity index (χ0) is 14.7. The average molecular weight is 308 g/mol. The molecule has 1 aromatic rings. The maximum absolute atomic E-state index is 5.24. The fraction of sp³-hybridized carbons (Fsp3) is 0.824. The monoisotopic (exact) mass is 308 g/mol. The van der Waals surface area contributed by atoms with Crippen LogP contribution in [0.3, 0.4) is 0 Å². The van der Waals surface area contributed by atoms with E-state index in [1.54, 1.807) is 12.0 Å². The Morgan fingerprint density at radius 3 is 2.76 bits per heavy atom. The van der Waals surface area contributed by atoms with Gasteiger partial charge in [-0.3, -0.25) is 0 Å². The number of nitrogens with zero attached hydrogens (tertiary/aromatic N) is 1. The molecule has 4 heteroatoms. The summed E-state index contributed by atoms with van der Waals surface area (Å²) in [5.74, 6) is 0.858. The lowest BCUT2D eigenvalue weighted by Crippen LogP contribution is -2.46. The van der Waals surface area contributed by atoms with E-state index >= 15 is 0 Å². The molecule has 1 N–H and O–H groups in total. The number of nitrogens with one attached hydrogen (secondary N) is 1. The van der Waals surface area contributed by atoms with E-state index in [-0.39, 0.29) is 5.54 Å². The Bertz CT molecular complexity index is 440. The van der Waals surface area contributed by atoms with Crippen LogP contribution >= 0.6 is 11.3 Å². The Hall–Kier alpha value is -0.450. The van der Waals surface area contributed by atoms with Gasteiger partial charge in [0.15, 0.2) is 0 Å². The van der Waals surface area contributed by atoms with Gasteiger partial charge in [0.2, 0.25) is 0 Å². The molecule has 0 radical (unpaired) electrons. The molecule has 1 saturated carbocycles. The predicted octanol–water partition coefficient (Wildman–Crippen LogP) is 3.66. The molecule has 2 aliphatic carbocycles. The summed E-state index contributed by atoms with van der Waals surface area (Å²) in [6.07, 6.45) is 10.2. The van der Waals surface area contributed by atoms with Crippen LogP contribution in [0.25, 0.3) is 0 Å². The van der Waals surface area contributed by atoms with Crippen LogP contribution in [0, 0.1) is 5.92 Å². The minimum atomic E-state index is 0.118. The van der Waals surface area contributed by atoms with Crippen molar-refractivity contribution in [2.75, 3.05) is 20.3 Å². The van der Waals surface area contributed by atoms with E-state index in [2.05, 4.69) is 12.2 Å². The quantitative estimate of drug-likeness (QED) is 0.843. The van der Waals surface area contributed by atoms with Gasteiger partial charge in [-0.15, -0.1) is 11.3 Å².